The Hall–Kier alpha value is -1.65. The fourth-order valence-electron chi connectivity index (χ4n) is 1.39. The predicted octanol–water partition coefficient (Wildman–Crippen LogP) is 2.99. The molecule has 0 amide bonds. The van der Waals surface area contributed by atoms with Crippen molar-refractivity contribution in [3.8, 4) is 0 Å². The van der Waals surface area contributed by atoms with E-state index in [2.05, 4.69) is 4.99 Å². The third-order valence-electron chi connectivity index (χ3n) is 2.13. The van der Waals surface area contributed by atoms with Gasteiger partial charge in [-0.05, 0) is 18.2 Å². The van der Waals surface area contributed by atoms with Crippen molar-refractivity contribution in [3.05, 3.63) is 29.3 Å². The fraction of sp³-hybridized carbons (Fsp3) is 0.200. The van der Waals surface area contributed by atoms with Crippen molar-refractivity contribution in [3.63, 3.8) is 0 Å². The normalized spacial score (nSPS) is 15.3. The monoisotopic (exact) mass is 213 g/mol. The van der Waals surface area contributed by atoms with Crippen molar-refractivity contribution in [2.24, 2.45) is 4.99 Å². The highest BCUT2D eigenvalue weighted by Gasteiger charge is 2.31. The standard InChI is InChI=1S/C10H6F3NO/c11-10(12,13)6-1-2-7-8(5-6)14-4-3-9(7)15/h1-2,4-5H,3H2. The molecule has 0 aliphatic carbocycles. The van der Waals surface area contributed by atoms with Gasteiger partial charge >= 0.3 is 6.18 Å². The minimum atomic E-state index is -4.40. The number of fused-ring (bicyclic) bond motifs is 1. The Morgan fingerprint density at radius 3 is 2.67 bits per heavy atom. The molecule has 15 heavy (non-hydrogen) atoms. The Bertz CT molecular complexity index is 448. The van der Waals surface area contributed by atoms with E-state index in [0.29, 0.717) is 0 Å². The maximum absolute atomic E-state index is 12.3. The molecular weight excluding hydrogens is 207 g/mol. The van der Waals surface area contributed by atoms with E-state index in [4.69, 9.17) is 0 Å². The van der Waals surface area contributed by atoms with Crippen LogP contribution in [0.3, 0.4) is 0 Å². The Balaban J connectivity index is 2.53. The quantitative estimate of drug-likeness (QED) is 0.651. The summed E-state index contributed by atoms with van der Waals surface area (Å²) in [7, 11) is 0. The maximum Gasteiger partial charge on any atom is 0.416 e. The Labute approximate surface area is 83.4 Å². The average Bonchev–Trinajstić information content (AvgIpc) is 2.16. The maximum atomic E-state index is 12.3. The number of nitrogens with zero attached hydrogens (tertiary/aromatic N) is 1. The van der Waals surface area contributed by atoms with Crippen LogP contribution < -0.4 is 0 Å². The molecule has 0 unspecified atom stereocenters. The number of hydrogen-bond acceptors (Lipinski definition) is 2. The summed E-state index contributed by atoms with van der Waals surface area (Å²) in [5, 5.41) is 0. The number of aliphatic imine (C=N–C) groups is 1. The summed E-state index contributed by atoms with van der Waals surface area (Å²) in [5.74, 6) is -0.200. The first-order valence-electron chi connectivity index (χ1n) is 4.25. The second-order valence-corrected chi connectivity index (χ2v) is 3.17. The van der Waals surface area contributed by atoms with E-state index in [1.807, 2.05) is 0 Å². The number of ketones is 1. The topological polar surface area (TPSA) is 29.4 Å². The van der Waals surface area contributed by atoms with Gasteiger partial charge < -0.3 is 0 Å². The predicted molar refractivity (Wildman–Crippen MR) is 48.5 cm³/mol. The summed E-state index contributed by atoms with van der Waals surface area (Å²) >= 11 is 0. The Morgan fingerprint density at radius 1 is 1.27 bits per heavy atom. The van der Waals surface area contributed by atoms with Crippen LogP contribution in [0.2, 0.25) is 0 Å². The van der Waals surface area contributed by atoms with Crippen LogP contribution in [0.15, 0.2) is 23.2 Å². The lowest BCUT2D eigenvalue weighted by Gasteiger charge is -2.12. The molecule has 2 rings (SSSR count). The van der Waals surface area contributed by atoms with Crippen LogP contribution in [0.1, 0.15) is 22.3 Å². The molecule has 5 heteroatoms. The van der Waals surface area contributed by atoms with E-state index in [1.54, 1.807) is 0 Å². The number of halogens is 3. The lowest BCUT2D eigenvalue weighted by atomic mass is 10.0. The number of rotatable bonds is 0. The van der Waals surface area contributed by atoms with E-state index in [0.717, 1.165) is 12.1 Å². The molecule has 0 atom stereocenters. The average molecular weight is 213 g/mol. The smallest absolute Gasteiger partial charge is 0.294 e. The minimum absolute atomic E-state index is 0.0982. The first kappa shape index (κ1) is 9.89. The van der Waals surface area contributed by atoms with E-state index in [-0.39, 0.29) is 23.5 Å². The number of carbonyl (C=O) groups is 1. The van der Waals surface area contributed by atoms with E-state index in [9.17, 15) is 18.0 Å². The lowest BCUT2D eigenvalue weighted by Crippen LogP contribution is -2.08. The summed E-state index contributed by atoms with van der Waals surface area (Å²) in [6, 6.07) is 2.97. The molecule has 2 nitrogen and oxygen atoms in total. The van der Waals surface area contributed by atoms with Gasteiger partial charge in [0.2, 0.25) is 0 Å². The number of Topliss-reactive ketones (excluding diaryl/α,β-unsaturated/α-hetero) is 1. The molecule has 0 bridgehead atoms. The summed E-state index contributed by atoms with van der Waals surface area (Å²) in [6.45, 7) is 0. The van der Waals surface area contributed by atoms with Crippen LogP contribution in [0.25, 0.3) is 0 Å². The van der Waals surface area contributed by atoms with E-state index >= 15 is 0 Å². The summed E-state index contributed by atoms with van der Waals surface area (Å²) in [4.78, 5) is 15.0. The number of alkyl halides is 3. The molecular formula is C10H6F3NO. The van der Waals surface area contributed by atoms with Gasteiger partial charge in [-0.2, -0.15) is 13.2 Å². The largest absolute Gasteiger partial charge is 0.416 e. The van der Waals surface area contributed by atoms with Gasteiger partial charge in [0, 0.05) is 18.2 Å². The molecule has 78 valence electrons. The fourth-order valence-corrected chi connectivity index (χ4v) is 1.39. The molecule has 0 fully saturated rings. The highest BCUT2D eigenvalue weighted by atomic mass is 19.4. The minimum Gasteiger partial charge on any atom is -0.294 e. The third kappa shape index (κ3) is 1.77. The molecule has 0 spiro atoms. The van der Waals surface area contributed by atoms with Crippen LogP contribution in [0.4, 0.5) is 18.9 Å². The highest BCUT2D eigenvalue weighted by molar-refractivity contribution is 6.10. The van der Waals surface area contributed by atoms with Gasteiger partial charge in [-0.25, -0.2) is 0 Å². The molecule has 0 saturated carbocycles. The first-order valence-corrected chi connectivity index (χ1v) is 4.25. The van der Waals surface area contributed by atoms with Crippen molar-refractivity contribution >= 4 is 17.7 Å². The van der Waals surface area contributed by atoms with Crippen LogP contribution in [0.5, 0.6) is 0 Å². The molecule has 1 heterocycles. The summed E-state index contributed by atoms with van der Waals surface area (Å²) in [5.41, 5.74) is -0.431. The molecule has 0 N–H and O–H groups in total. The van der Waals surface area contributed by atoms with Gasteiger partial charge in [0.15, 0.2) is 5.78 Å². The number of hydrogen-bond donors (Lipinski definition) is 0. The molecule has 1 aromatic carbocycles. The number of benzene rings is 1. The Kier molecular flexibility index (Phi) is 2.10. The highest BCUT2D eigenvalue weighted by Crippen LogP contribution is 2.34. The molecule has 0 aromatic heterocycles. The lowest BCUT2D eigenvalue weighted by molar-refractivity contribution is -0.137. The Morgan fingerprint density at radius 2 is 2.00 bits per heavy atom. The zero-order valence-corrected chi connectivity index (χ0v) is 7.51. The molecule has 0 radical (unpaired) electrons. The van der Waals surface area contributed by atoms with Crippen molar-refractivity contribution in [1.82, 2.24) is 0 Å². The number of carbonyl (C=O) groups excluding carboxylic acids is 1. The van der Waals surface area contributed by atoms with Crippen LogP contribution >= 0.6 is 0 Å². The zero-order valence-electron chi connectivity index (χ0n) is 7.51. The van der Waals surface area contributed by atoms with Gasteiger partial charge in [0.25, 0.3) is 0 Å². The second kappa shape index (κ2) is 3.18. The van der Waals surface area contributed by atoms with Gasteiger partial charge in [-0.15, -0.1) is 0 Å². The molecule has 1 aliphatic rings. The molecule has 0 saturated heterocycles. The molecule has 1 aliphatic heterocycles. The van der Waals surface area contributed by atoms with Crippen LogP contribution in [-0.4, -0.2) is 12.0 Å². The molecule has 1 aromatic rings. The summed E-state index contributed by atoms with van der Waals surface area (Å²) < 4.78 is 37.0. The van der Waals surface area contributed by atoms with Crippen molar-refractivity contribution < 1.29 is 18.0 Å². The van der Waals surface area contributed by atoms with Crippen LogP contribution in [-0.2, 0) is 6.18 Å². The third-order valence-corrected chi connectivity index (χ3v) is 2.13. The van der Waals surface area contributed by atoms with Gasteiger partial charge in [-0.3, -0.25) is 9.79 Å². The van der Waals surface area contributed by atoms with Crippen molar-refractivity contribution in [1.29, 1.82) is 0 Å². The summed E-state index contributed by atoms with van der Waals surface area (Å²) in [6.07, 6.45) is -2.92. The van der Waals surface area contributed by atoms with Crippen molar-refractivity contribution in [2.75, 3.05) is 0 Å². The SMILES string of the molecule is O=C1CC=Nc2cc(C(F)(F)F)ccc21. The van der Waals surface area contributed by atoms with Gasteiger partial charge in [0.1, 0.15) is 0 Å². The van der Waals surface area contributed by atoms with Crippen LogP contribution in [0, 0.1) is 0 Å². The first-order chi connectivity index (χ1) is 6.98. The van der Waals surface area contributed by atoms with E-state index in [1.165, 1.54) is 12.3 Å². The van der Waals surface area contributed by atoms with Gasteiger partial charge in [0.05, 0.1) is 11.3 Å². The van der Waals surface area contributed by atoms with Crippen molar-refractivity contribution in [2.45, 2.75) is 12.6 Å². The van der Waals surface area contributed by atoms with E-state index < -0.39 is 11.7 Å². The second-order valence-electron chi connectivity index (χ2n) is 3.17. The van der Waals surface area contributed by atoms with Gasteiger partial charge in [-0.1, -0.05) is 0 Å². The zero-order chi connectivity index (χ0) is 11.1.